The fraction of sp³-hybridized carbons (Fsp3) is 0.0357. The van der Waals surface area contributed by atoms with Gasteiger partial charge in [-0.15, -0.1) is 287 Å². The van der Waals surface area contributed by atoms with Crippen molar-refractivity contribution in [2.24, 2.45) is 0 Å². The van der Waals surface area contributed by atoms with Gasteiger partial charge in [-0.2, -0.15) is 0 Å². The molecule has 12 nitrogen and oxygen atoms in total. The smallest absolute Gasteiger partial charge is 0.0716 e. The average Bonchev–Trinajstić information content (AvgIpc) is 0.850. The van der Waals surface area contributed by atoms with E-state index in [2.05, 4.69) is 151 Å². The number of benzene rings is 8. The van der Waals surface area contributed by atoms with Crippen molar-refractivity contribution in [2.45, 2.75) is 27.7 Å². The number of pyridine rings is 12. The summed E-state index contributed by atoms with van der Waals surface area (Å²) in [6.45, 7) is 8.13. The zero-order valence-electron chi connectivity index (χ0n) is 70.3. The van der Waals surface area contributed by atoms with Crippen molar-refractivity contribution in [1.82, 2.24) is 59.8 Å². The molecule has 0 amide bonds. The van der Waals surface area contributed by atoms with E-state index in [1.807, 2.05) is 393 Å². The first-order valence-corrected chi connectivity index (χ1v) is 40.1. The van der Waals surface area contributed by atoms with Crippen molar-refractivity contribution in [3.63, 3.8) is 0 Å². The minimum Gasteiger partial charge on any atom is -0.304 e. The molecule has 16 heteroatoms. The fourth-order valence-corrected chi connectivity index (χ4v) is 12.0. The minimum absolute atomic E-state index is 0. The minimum atomic E-state index is 0. The van der Waals surface area contributed by atoms with E-state index in [1.165, 1.54) is 22.3 Å². The molecule has 0 N–H and O–H groups in total. The number of aromatic nitrogens is 12. The predicted molar refractivity (Wildman–Crippen MR) is 500 cm³/mol. The van der Waals surface area contributed by atoms with Gasteiger partial charge in [-0.05, 0) is 154 Å². The quantitative estimate of drug-likeness (QED) is 0.107. The summed E-state index contributed by atoms with van der Waals surface area (Å²) in [5, 5.41) is 0. The van der Waals surface area contributed by atoms with E-state index < -0.39 is 0 Å². The zero-order valence-corrected chi connectivity index (χ0v) is 79.8. The van der Waals surface area contributed by atoms with Gasteiger partial charge >= 0.3 is 0 Å². The number of rotatable bonds is 12. The summed E-state index contributed by atoms with van der Waals surface area (Å²) in [5.74, 6) is 0. The van der Waals surface area contributed by atoms with Crippen LogP contribution in [0.5, 0.6) is 0 Å². The first kappa shape index (κ1) is 98.0. The maximum Gasteiger partial charge on any atom is 0.0716 e. The van der Waals surface area contributed by atoms with Gasteiger partial charge in [0.1, 0.15) is 0 Å². The van der Waals surface area contributed by atoms with Crippen LogP contribution < -0.4 is 0 Å². The Balaban J connectivity index is 0.000000165. The standard InChI is InChI=1S/4C16H11N2.4C12H10N.4Ir/c1-2-6-13(7-3-1)16-10-9-14(12-18-16)15-8-4-5-11-17-15;2*1-2-5-13(6-3-1)16-9-8-15(12-18-16)14-7-4-10-17-11-14;1-2-4-14(5-3-1)16-7-6-15(12-18-16)13-8-10-17-11-9-13;4*1-10-7-8-12(13-9-10)11-5-3-2-4-6-11;;;;/h1-6,8-12H;2*1-5,7-12H;1-4,6-12H;4*2-5,7-9H,1H3;;;;/q8*-1;;;;. The largest absolute Gasteiger partial charge is 0.304 e. The average molecular weight is 2370 g/mol. The van der Waals surface area contributed by atoms with Crippen LogP contribution >= 0.6 is 0 Å². The van der Waals surface area contributed by atoms with E-state index in [0.29, 0.717) is 0 Å². The summed E-state index contributed by atoms with van der Waals surface area (Å²) < 4.78 is 0. The molecular weight excluding hydrogens is 2280 g/mol. The molecule has 0 fully saturated rings. The van der Waals surface area contributed by atoms with Crippen molar-refractivity contribution in [2.75, 3.05) is 0 Å². The van der Waals surface area contributed by atoms with Gasteiger partial charge in [0.25, 0.3) is 0 Å². The third-order valence-electron chi connectivity index (χ3n) is 18.5. The molecule has 0 saturated heterocycles. The Morgan fingerprint density at radius 3 is 0.586 bits per heavy atom. The molecule has 12 aromatic heterocycles. The van der Waals surface area contributed by atoms with Gasteiger partial charge in [-0.1, -0.05) is 115 Å². The third kappa shape index (κ3) is 31.4. The van der Waals surface area contributed by atoms with Gasteiger partial charge in [0.05, 0.1) is 5.69 Å². The van der Waals surface area contributed by atoms with Crippen molar-refractivity contribution < 1.29 is 80.4 Å². The van der Waals surface area contributed by atoms with Gasteiger partial charge in [0, 0.05) is 190 Å². The van der Waals surface area contributed by atoms with Crippen molar-refractivity contribution in [1.29, 1.82) is 0 Å². The second kappa shape index (κ2) is 54.1. The molecule has 0 unspecified atom stereocenters. The summed E-state index contributed by atoms with van der Waals surface area (Å²) in [7, 11) is 0. The Hall–Kier alpha value is -13.8. The Kier molecular flexibility index (Phi) is 41.4. The molecule has 0 bridgehead atoms. The maximum absolute atomic E-state index is 4.47. The van der Waals surface area contributed by atoms with E-state index in [1.54, 1.807) is 31.0 Å². The van der Waals surface area contributed by atoms with Gasteiger partial charge in [0.15, 0.2) is 0 Å². The van der Waals surface area contributed by atoms with E-state index in [9.17, 15) is 0 Å². The van der Waals surface area contributed by atoms with E-state index in [4.69, 9.17) is 0 Å². The molecule has 8 aromatic carbocycles. The normalized spacial score (nSPS) is 9.78. The molecule has 0 spiro atoms. The maximum atomic E-state index is 4.47. The van der Waals surface area contributed by atoms with Gasteiger partial charge in [-0.3, -0.25) is 19.9 Å². The topological polar surface area (TPSA) is 155 Å². The molecule has 0 aliphatic rings. The van der Waals surface area contributed by atoms with Crippen molar-refractivity contribution >= 4 is 0 Å². The Morgan fingerprint density at radius 1 is 0.148 bits per heavy atom. The number of hydrogen-bond acceptors (Lipinski definition) is 12. The summed E-state index contributed by atoms with van der Waals surface area (Å²) in [6, 6.07) is 138. The van der Waals surface area contributed by atoms with Crippen molar-refractivity contribution in [3.05, 3.63) is 510 Å². The number of hydrogen-bond donors (Lipinski definition) is 0. The summed E-state index contributed by atoms with van der Waals surface area (Å²) in [4.78, 5) is 51.7. The molecule has 20 rings (SSSR count). The molecule has 20 aromatic rings. The Morgan fingerprint density at radius 2 is 0.383 bits per heavy atom. The number of aryl methyl sites for hydroxylation is 4. The Labute approximate surface area is 805 Å². The van der Waals surface area contributed by atoms with Gasteiger partial charge < -0.3 is 39.9 Å². The van der Waals surface area contributed by atoms with Crippen LogP contribution in [0.4, 0.5) is 0 Å². The molecular formula is C112H84Ir4N12-8. The molecule has 128 heavy (non-hydrogen) atoms. The molecule has 0 aliphatic heterocycles. The third-order valence-corrected chi connectivity index (χ3v) is 18.5. The Bertz CT molecular complexity index is 5340. The van der Waals surface area contributed by atoms with Gasteiger partial charge in [0.2, 0.25) is 0 Å². The van der Waals surface area contributed by atoms with Crippen LogP contribution in [0.25, 0.3) is 135 Å². The van der Waals surface area contributed by atoms with Gasteiger partial charge in [-0.25, -0.2) is 0 Å². The molecule has 0 saturated carbocycles. The monoisotopic (exact) mass is 2370 g/mol. The SMILES string of the molecule is Cc1ccc(-c2[c-]cccc2)nc1.Cc1ccc(-c2[c-]cccc2)nc1.Cc1ccc(-c2[c-]cccc2)nc1.Cc1ccc(-c2[c-]cccc2)nc1.[Ir].[Ir].[Ir].[Ir].[c-]1ccccc1-c1ccc(-c2ccccn2)cn1.[c-]1ccccc1-c1ccc(-c2cccnc2)cn1.[c-]1ccccc1-c1ccc(-c2cccnc2)cn1.[c-]1ccccc1-c1ccc(-c2ccncc2)cn1. The number of nitrogens with zero attached hydrogens (tertiary/aromatic N) is 12. The molecule has 0 atom stereocenters. The van der Waals surface area contributed by atoms with E-state index in [0.717, 1.165) is 135 Å². The molecule has 636 valence electrons. The van der Waals surface area contributed by atoms with Crippen LogP contribution in [-0.4, -0.2) is 59.8 Å². The molecule has 4 radical (unpaired) electrons. The summed E-state index contributed by atoms with van der Waals surface area (Å²) >= 11 is 0. The van der Waals surface area contributed by atoms with Crippen LogP contribution in [0.1, 0.15) is 22.3 Å². The van der Waals surface area contributed by atoms with Crippen LogP contribution in [0.2, 0.25) is 0 Å². The molecule has 12 heterocycles. The molecule has 0 aliphatic carbocycles. The van der Waals surface area contributed by atoms with Crippen molar-refractivity contribution in [3.8, 4) is 135 Å². The second-order valence-electron chi connectivity index (χ2n) is 27.8. The van der Waals surface area contributed by atoms with E-state index in [-0.39, 0.29) is 80.4 Å². The zero-order chi connectivity index (χ0) is 85.2. The first-order chi connectivity index (χ1) is 61.2. The summed E-state index contributed by atoms with van der Waals surface area (Å²) in [6.07, 6.45) is 27.5. The van der Waals surface area contributed by atoms with Crippen LogP contribution in [0.3, 0.4) is 0 Å². The second-order valence-corrected chi connectivity index (χ2v) is 27.8. The van der Waals surface area contributed by atoms with Crippen LogP contribution in [0, 0.1) is 76.2 Å². The predicted octanol–water partition coefficient (Wildman–Crippen LogP) is 25.9. The first-order valence-electron chi connectivity index (χ1n) is 40.1. The van der Waals surface area contributed by atoms with Crippen LogP contribution in [0.15, 0.2) is 439 Å². The fourth-order valence-electron chi connectivity index (χ4n) is 12.0. The van der Waals surface area contributed by atoms with Crippen LogP contribution in [-0.2, 0) is 80.4 Å². The van der Waals surface area contributed by atoms with E-state index >= 15 is 0 Å². The summed E-state index contributed by atoms with van der Waals surface area (Å²) in [5.41, 5.74) is 29.1.